The molecule has 3 rings (SSSR count). The van der Waals surface area contributed by atoms with Gasteiger partial charge in [0.2, 0.25) is 5.91 Å². The van der Waals surface area contributed by atoms with Crippen molar-refractivity contribution < 1.29 is 4.79 Å². The predicted molar refractivity (Wildman–Crippen MR) is 78.5 cm³/mol. The van der Waals surface area contributed by atoms with Crippen LogP contribution in [0.4, 0.5) is 0 Å². The highest BCUT2D eigenvalue weighted by atomic mass is 32.2. The molecule has 0 spiro atoms. The number of aromatic nitrogens is 2. The third-order valence-corrected chi connectivity index (χ3v) is 4.31. The van der Waals surface area contributed by atoms with E-state index in [4.69, 9.17) is 0 Å². The first-order chi connectivity index (χ1) is 9.16. The molecule has 2 heterocycles. The van der Waals surface area contributed by atoms with Crippen LogP contribution in [0.2, 0.25) is 0 Å². The highest BCUT2D eigenvalue weighted by Gasteiger charge is 2.21. The van der Waals surface area contributed by atoms with Crippen LogP contribution in [-0.2, 0) is 11.8 Å². The van der Waals surface area contributed by atoms with Gasteiger partial charge in [-0.3, -0.25) is 4.79 Å². The quantitative estimate of drug-likeness (QED) is 0.801. The van der Waals surface area contributed by atoms with E-state index in [-0.39, 0.29) is 5.91 Å². The molecule has 1 aromatic carbocycles. The first-order valence-electron chi connectivity index (χ1n) is 6.21. The number of para-hydroxylation sites is 2. The van der Waals surface area contributed by atoms with E-state index >= 15 is 0 Å². The Morgan fingerprint density at radius 3 is 2.95 bits per heavy atom. The van der Waals surface area contributed by atoms with Gasteiger partial charge in [0.1, 0.15) is 5.82 Å². The van der Waals surface area contributed by atoms with Crippen molar-refractivity contribution in [3.05, 3.63) is 35.1 Å². The first kappa shape index (κ1) is 12.3. The zero-order valence-corrected chi connectivity index (χ0v) is 11.8. The minimum Gasteiger partial charge on any atom is -0.328 e. The van der Waals surface area contributed by atoms with E-state index in [1.54, 1.807) is 18.7 Å². The van der Waals surface area contributed by atoms with E-state index < -0.39 is 0 Å². The lowest BCUT2D eigenvalue weighted by molar-refractivity contribution is -0.126. The number of rotatable bonds is 1. The Morgan fingerprint density at radius 2 is 2.21 bits per heavy atom. The lowest BCUT2D eigenvalue weighted by Gasteiger charge is -2.13. The molecule has 0 atom stereocenters. The number of hydrogen-bond acceptors (Lipinski definition) is 3. The molecular weight excluding hydrogens is 258 g/mol. The molecule has 1 saturated heterocycles. The van der Waals surface area contributed by atoms with E-state index in [9.17, 15) is 4.79 Å². The molecule has 5 heteroatoms. The van der Waals surface area contributed by atoms with Gasteiger partial charge in [-0.1, -0.05) is 12.1 Å². The van der Waals surface area contributed by atoms with Crippen molar-refractivity contribution in [1.82, 2.24) is 14.5 Å². The number of aryl methyl sites for hydroxylation is 1. The second-order valence-electron chi connectivity index (χ2n) is 4.52. The van der Waals surface area contributed by atoms with Crippen molar-refractivity contribution in [2.45, 2.75) is 6.92 Å². The molecule has 0 radical (unpaired) electrons. The summed E-state index contributed by atoms with van der Waals surface area (Å²) in [5, 5.41) is 0.992. The first-order valence-corrected chi connectivity index (χ1v) is 7.19. The fraction of sp³-hybridized carbons (Fsp3) is 0.286. The number of imidazole rings is 1. The number of carbonyl (C=O) groups excluding carboxylic acids is 1. The standard InChI is InChI=1S/C14H15N3OS/c1-10(18)17-7-8-19-14(17)9-13-15-11-5-3-4-6-12(11)16(13)2/h3-6,9H,7-8H2,1-2H3/b14-9+. The van der Waals surface area contributed by atoms with Gasteiger partial charge in [0.25, 0.3) is 0 Å². The summed E-state index contributed by atoms with van der Waals surface area (Å²) in [4.78, 5) is 18.0. The van der Waals surface area contributed by atoms with Gasteiger partial charge in [-0.2, -0.15) is 0 Å². The highest BCUT2D eigenvalue weighted by molar-refractivity contribution is 8.03. The zero-order valence-electron chi connectivity index (χ0n) is 11.0. The molecule has 4 nitrogen and oxygen atoms in total. The average molecular weight is 273 g/mol. The van der Waals surface area contributed by atoms with Crippen LogP contribution in [0.3, 0.4) is 0 Å². The van der Waals surface area contributed by atoms with Gasteiger partial charge in [0.15, 0.2) is 0 Å². The fourth-order valence-corrected chi connectivity index (χ4v) is 3.31. The van der Waals surface area contributed by atoms with Crippen molar-refractivity contribution >= 4 is 34.8 Å². The number of benzene rings is 1. The van der Waals surface area contributed by atoms with Crippen LogP contribution < -0.4 is 0 Å². The highest BCUT2D eigenvalue weighted by Crippen LogP contribution is 2.30. The average Bonchev–Trinajstić information content (AvgIpc) is 2.97. The Hall–Kier alpha value is -1.75. The number of carbonyl (C=O) groups is 1. The Kier molecular flexibility index (Phi) is 3.06. The summed E-state index contributed by atoms with van der Waals surface area (Å²) in [6, 6.07) is 8.04. The summed E-state index contributed by atoms with van der Waals surface area (Å²) in [6.07, 6.45) is 2.00. The summed E-state index contributed by atoms with van der Waals surface area (Å²) >= 11 is 1.71. The maximum Gasteiger partial charge on any atom is 0.224 e. The number of thioether (sulfide) groups is 1. The van der Waals surface area contributed by atoms with Gasteiger partial charge in [-0.15, -0.1) is 11.8 Å². The molecule has 0 unspecified atom stereocenters. The molecule has 0 saturated carbocycles. The molecule has 1 fully saturated rings. The number of amides is 1. The second-order valence-corrected chi connectivity index (χ2v) is 5.63. The van der Waals surface area contributed by atoms with E-state index in [0.717, 1.165) is 34.2 Å². The Labute approximate surface area is 116 Å². The van der Waals surface area contributed by atoms with Crippen LogP contribution in [0.25, 0.3) is 17.1 Å². The van der Waals surface area contributed by atoms with Crippen LogP contribution in [-0.4, -0.2) is 32.7 Å². The second kappa shape index (κ2) is 4.74. The summed E-state index contributed by atoms with van der Waals surface area (Å²) in [5.74, 6) is 1.93. The van der Waals surface area contributed by atoms with Crippen LogP contribution in [0.15, 0.2) is 29.3 Å². The van der Waals surface area contributed by atoms with Gasteiger partial charge >= 0.3 is 0 Å². The molecular formula is C14H15N3OS. The van der Waals surface area contributed by atoms with Crippen molar-refractivity contribution in [3.8, 4) is 0 Å². The molecule has 98 valence electrons. The smallest absolute Gasteiger partial charge is 0.224 e. The molecule has 1 aromatic heterocycles. The third kappa shape index (κ3) is 2.14. The summed E-state index contributed by atoms with van der Waals surface area (Å²) in [7, 11) is 2.00. The van der Waals surface area contributed by atoms with E-state index in [0.29, 0.717) is 0 Å². The molecule has 1 aliphatic heterocycles. The van der Waals surface area contributed by atoms with Gasteiger partial charge in [-0.25, -0.2) is 4.98 Å². The van der Waals surface area contributed by atoms with Crippen LogP contribution in [0.5, 0.6) is 0 Å². The van der Waals surface area contributed by atoms with E-state index in [1.807, 2.05) is 36.2 Å². The number of nitrogens with zero attached hydrogens (tertiary/aromatic N) is 3. The lowest BCUT2D eigenvalue weighted by Crippen LogP contribution is -2.23. The summed E-state index contributed by atoms with van der Waals surface area (Å²) in [5.41, 5.74) is 2.08. The minimum absolute atomic E-state index is 0.0926. The van der Waals surface area contributed by atoms with Crippen LogP contribution in [0, 0.1) is 0 Å². The molecule has 2 aromatic rings. The molecule has 1 aliphatic rings. The van der Waals surface area contributed by atoms with Crippen molar-refractivity contribution in [3.63, 3.8) is 0 Å². The topological polar surface area (TPSA) is 38.1 Å². The van der Waals surface area contributed by atoms with Crippen molar-refractivity contribution in [2.75, 3.05) is 12.3 Å². The number of hydrogen-bond donors (Lipinski definition) is 0. The van der Waals surface area contributed by atoms with E-state index in [1.165, 1.54) is 0 Å². The van der Waals surface area contributed by atoms with Crippen molar-refractivity contribution in [2.24, 2.45) is 7.05 Å². The Balaban J connectivity index is 2.05. The maximum absolute atomic E-state index is 11.5. The maximum atomic E-state index is 11.5. The number of fused-ring (bicyclic) bond motifs is 1. The lowest BCUT2D eigenvalue weighted by atomic mass is 10.3. The van der Waals surface area contributed by atoms with Crippen LogP contribution in [0.1, 0.15) is 12.7 Å². The Morgan fingerprint density at radius 1 is 1.42 bits per heavy atom. The fourth-order valence-electron chi connectivity index (χ4n) is 2.27. The SMILES string of the molecule is CC(=O)N1CCS/C1=C/c1nc2ccccc2n1C. The summed E-state index contributed by atoms with van der Waals surface area (Å²) in [6.45, 7) is 2.39. The van der Waals surface area contributed by atoms with Gasteiger partial charge in [-0.05, 0) is 12.1 Å². The largest absolute Gasteiger partial charge is 0.328 e. The summed E-state index contributed by atoms with van der Waals surface area (Å²) < 4.78 is 2.06. The molecule has 1 amide bonds. The molecule has 0 bridgehead atoms. The monoisotopic (exact) mass is 273 g/mol. The van der Waals surface area contributed by atoms with Crippen molar-refractivity contribution in [1.29, 1.82) is 0 Å². The minimum atomic E-state index is 0.0926. The molecule has 19 heavy (non-hydrogen) atoms. The van der Waals surface area contributed by atoms with E-state index in [2.05, 4.69) is 15.6 Å². The molecule has 0 N–H and O–H groups in total. The predicted octanol–water partition coefficient (Wildman–Crippen LogP) is 2.47. The van der Waals surface area contributed by atoms with Gasteiger partial charge in [0.05, 0.1) is 16.1 Å². The normalized spacial score (nSPS) is 17.6. The van der Waals surface area contributed by atoms with Crippen LogP contribution >= 0.6 is 11.8 Å². The zero-order chi connectivity index (χ0) is 13.4. The Bertz CT molecular complexity index is 674. The third-order valence-electron chi connectivity index (χ3n) is 3.29. The molecule has 0 aliphatic carbocycles. The van der Waals surface area contributed by atoms with Gasteiger partial charge in [0, 0.05) is 32.3 Å². The van der Waals surface area contributed by atoms with Gasteiger partial charge < -0.3 is 9.47 Å².